The van der Waals surface area contributed by atoms with Crippen LogP contribution in [0.4, 0.5) is 17.6 Å². The lowest BCUT2D eigenvalue weighted by molar-refractivity contribution is 0.976. The number of aromatic amines is 1. The second kappa shape index (κ2) is 7.24. The molecular weight excluding hydrogens is 358 g/mol. The predicted molar refractivity (Wildman–Crippen MR) is 109 cm³/mol. The fourth-order valence-electron chi connectivity index (χ4n) is 2.69. The van der Waals surface area contributed by atoms with Crippen molar-refractivity contribution in [1.29, 1.82) is 0 Å². The summed E-state index contributed by atoms with van der Waals surface area (Å²) in [5.41, 5.74) is 11.1. The van der Waals surface area contributed by atoms with E-state index >= 15 is 0 Å². The van der Waals surface area contributed by atoms with Crippen molar-refractivity contribution in [3.05, 3.63) is 59.4 Å². The Labute approximate surface area is 160 Å². The standard InChI is InChI=1S/C19H19N7S/c1-11-7-8-14-15(9-11)23-19(22-14)27-10-16-24-17(20)26-18(25-16)21-13-6-4-3-5-12(13)2/h3-9H,10H2,1-2H3,(H,22,23)(H3,20,21,24,25,26). The van der Waals surface area contributed by atoms with Crippen molar-refractivity contribution in [3.63, 3.8) is 0 Å². The summed E-state index contributed by atoms with van der Waals surface area (Å²) < 4.78 is 0. The van der Waals surface area contributed by atoms with Crippen molar-refractivity contribution < 1.29 is 0 Å². The Morgan fingerprint density at radius 2 is 1.89 bits per heavy atom. The number of H-pyrrole nitrogens is 1. The Hall–Kier alpha value is -3.13. The van der Waals surface area contributed by atoms with E-state index in [0.29, 0.717) is 17.5 Å². The van der Waals surface area contributed by atoms with Crippen molar-refractivity contribution in [1.82, 2.24) is 24.9 Å². The van der Waals surface area contributed by atoms with Gasteiger partial charge in [-0.15, -0.1) is 0 Å². The number of benzene rings is 2. The van der Waals surface area contributed by atoms with Gasteiger partial charge in [0.25, 0.3) is 0 Å². The first-order chi connectivity index (χ1) is 13.1. The maximum Gasteiger partial charge on any atom is 0.232 e. The van der Waals surface area contributed by atoms with Crippen LogP contribution in [0.3, 0.4) is 0 Å². The molecule has 0 bridgehead atoms. The number of hydrogen-bond donors (Lipinski definition) is 3. The fraction of sp³-hybridized carbons (Fsp3) is 0.158. The molecule has 0 saturated heterocycles. The van der Waals surface area contributed by atoms with Crippen LogP contribution in [-0.2, 0) is 5.75 Å². The van der Waals surface area contributed by atoms with Crippen molar-refractivity contribution in [2.45, 2.75) is 24.8 Å². The minimum atomic E-state index is 0.192. The van der Waals surface area contributed by atoms with Crippen LogP contribution >= 0.6 is 11.8 Å². The third-order valence-corrected chi connectivity index (χ3v) is 4.91. The monoisotopic (exact) mass is 377 g/mol. The third kappa shape index (κ3) is 4.01. The molecule has 7 nitrogen and oxygen atoms in total. The molecular formula is C19H19N7S. The van der Waals surface area contributed by atoms with Gasteiger partial charge in [-0.2, -0.15) is 15.0 Å². The summed E-state index contributed by atoms with van der Waals surface area (Å²) in [5.74, 6) is 1.76. The number of hydrogen-bond acceptors (Lipinski definition) is 7. The van der Waals surface area contributed by atoms with E-state index in [9.17, 15) is 0 Å². The molecule has 0 aliphatic rings. The Morgan fingerprint density at radius 3 is 2.74 bits per heavy atom. The molecule has 0 saturated carbocycles. The second-order valence-corrected chi connectivity index (χ2v) is 7.19. The molecule has 2 heterocycles. The van der Waals surface area contributed by atoms with Crippen LogP contribution < -0.4 is 11.1 Å². The van der Waals surface area contributed by atoms with E-state index in [1.54, 1.807) is 0 Å². The molecule has 27 heavy (non-hydrogen) atoms. The van der Waals surface area contributed by atoms with Gasteiger partial charge in [-0.3, -0.25) is 0 Å². The van der Waals surface area contributed by atoms with Gasteiger partial charge in [0.2, 0.25) is 11.9 Å². The highest BCUT2D eigenvalue weighted by Crippen LogP contribution is 2.24. The topological polar surface area (TPSA) is 105 Å². The smallest absolute Gasteiger partial charge is 0.232 e. The maximum atomic E-state index is 5.86. The highest BCUT2D eigenvalue weighted by molar-refractivity contribution is 7.98. The number of nitrogens with one attached hydrogen (secondary N) is 2. The normalized spacial score (nSPS) is 11.0. The summed E-state index contributed by atoms with van der Waals surface area (Å²) in [6, 6.07) is 14.1. The van der Waals surface area contributed by atoms with Gasteiger partial charge in [0.05, 0.1) is 16.8 Å². The number of thioether (sulfide) groups is 1. The van der Waals surface area contributed by atoms with Crippen LogP contribution in [-0.4, -0.2) is 24.9 Å². The molecule has 4 aromatic rings. The number of rotatable bonds is 5. The molecule has 0 fully saturated rings. The van der Waals surface area contributed by atoms with Crippen molar-refractivity contribution in [3.8, 4) is 0 Å². The minimum Gasteiger partial charge on any atom is -0.368 e. The number of nitrogen functional groups attached to an aromatic ring is 1. The molecule has 4 N–H and O–H groups in total. The van der Waals surface area contributed by atoms with Crippen LogP contribution in [0.5, 0.6) is 0 Å². The van der Waals surface area contributed by atoms with E-state index in [-0.39, 0.29) is 5.95 Å². The highest BCUT2D eigenvalue weighted by atomic mass is 32.2. The first-order valence-corrected chi connectivity index (χ1v) is 9.47. The molecule has 0 amide bonds. The quantitative estimate of drug-likeness (QED) is 0.452. The molecule has 0 aliphatic heterocycles. The summed E-state index contributed by atoms with van der Waals surface area (Å²) in [6.45, 7) is 4.08. The van der Waals surface area contributed by atoms with Crippen molar-refractivity contribution >= 4 is 40.4 Å². The molecule has 2 aromatic carbocycles. The molecule has 2 aromatic heterocycles. The Morgan fingerprint density at radius 1 is 1.04 bits per heavy atom. The maximum absolute atomic E-state index is 5.86. The number of nitrogens with zero attached hydrogens (tertiary/aromatic N) is 4. The average molecular weight is 377 g/mol. The van der Waals surface area contributed by atoms with Crippen molar-refractivity contribution in [2.24, 2.45) is 0 Å². The lowest BCUT2D eigenvalue weighted by Crippen LogP contribution is -2.07. The molecule has 0 aliphatic carbocycles. The number of anilines is 3. The van der Waals surface area contributed by atoms with Crippen molar-refractivity contribution in [2.75, 3.05) is 11.1 Å². The number of aryl methyl sites for hydroxylation is 2. The second-order valence-electron chi connectivity index (χ2n) is 6.22. The van der Waals surface area contributed by atoms with E-state index in [2.05, 4.69) is 43.2 Å². The van der Waals surface area contributed by atoms with Gasteiger partial charge >= 0.3 is 0 Å². The number of aromatic nitrogens is 5. The number of fused-ring (bicyclic) bond motifs is 1. The molecule has 0 unspecified atom stereocenters. The summed E-state index contributed by atoms with van der Waals surface area (Å²) in [6.07, 6.45) is 0. The van der Waals surface area contributed by atoms with Crippen LogP contribution in [0, 0.1) is 13.8 Å². The van der Waals surface area contributed by atoms with Gasteiger partial charge in [0.1, 0.15) is 5.82 Å². The fourth-order valence-corrected chi connectivity index (χ4v) is 3.43. The molecule has 0 atom stereocenters. The summed E-state index contributed by atoms with van der Waals surface area (Å²) in [5, 5.41) is 4.03. The minimum absolute atomic E-state index is 0.192. The van der Waals surface area contributed by atoms with E-state index in [1.165, 1.54) is 17.3 Å². The van der Waals surface area contributed by atoms with Crippen LogP contribution in [0.25, 0.3) is 11.0 Å². The predicted octanol–water partition coefficient (Wildman–Crippen LogP) is 3.98. The van der Waals surface area contributed by atoms with Crippen LogP contribution in [0.1, 0.15) is 17.0 Å². The van der Waals surface area contributed by atoms with E-state index < -0.39 is 0 Å². The summed E-state index contributed by atoms with van der Waals surface area (Å²) in [4.78, 5) is 20.8. The van der Waals surface area contributed by atoms with Gasteiger partial charge in [-0.05, 0) is 43.2 Å². The Kier molecular flexibility index (Phi) is 4.64. The van der Waals surface area contributed by atoms with E-state index in [1.807, 2.05) is 43.3 Å². The van der Waals surface area contributed by atoms with Gasteiger partial charge in [0, 0.05) is 5.69 Å². The van der Waals surface area contributed by atoms with Gasteiger partial charge < -0.3 is 16.0 Å². The lowest BCUT2D eigenvalue weighted by Gasteiger charge is -2.09. The number of para-hydroxylation sites is 1. The van der Waals surface area contributed by atoms with E-state index in [4.69, 9.17) is 5.73 Å². The molecule has 0 spiro atoms. The first-order valence-electron chi connectivity index (χ1n) is 8.49. The number of imidazole rings is 1. The SMILES string of the molecule is Cc1ccc2nc(SCc3nc(N)nc(Nc4ccccc4C)n3)[nH]c2c1. The van der Waals surface area contributed by atoms with Crippen LogP contribution in [0.15, 0.2) is 47.6 Å². The third-order valence-electron chi connectivity index (χ3n) is 4.04. The lowest BCUT2D eigenvalue weighted by atomic mass is 10.2. The number of nitrogens with two attached hydrogens (primary N) is 1. The molecule has 0 radical (unpaired) electrons. The first kappa shape index (κ1) is 17.3. The Bertz CT molecular complexity index is 1110. The van der Waals surface area contributed by atoms with Gasteiger partial charge in [0.15, 0.2) is 5.16 Å². The zero-order chi connectivity index (χ0) is 18.8. The van der Waals surface area contributed by atoms with Crippen LogP contribution in [0.2, 0.25) is 0 Å². The largest absolute Gasteiger partial charge is 0.368 e. The van der Waals surface area contributed by atoms with Gasteiger partial charge in [-0.25, -0.2) is 4.98 Å². The molecule has 136 valence electrons. The Balaban J connectivity index is 1.51. The molecule has 8 heteroatoms. The molecule has 4 rings (SSSR count). The summed E-state index contributed by atoms with van der Waals surface area (Å²) in [7, 11) is 0. The van der Waals surface area contributed by atoms with E-state index in [0.717, 1.165) is 27.4 Å². The van der Waals surface area contributed by atoms with Gasteiger partial charge in [-0.1, -0.05) is 36.0 Å². The summed E-state index contributed by atoms with van der Waals surface area (Å²) >= 11 is 1.53. The zero-order valence-electron chi connectivity index (χ0n) is 15.0. The highest BCUT2D eigenvalue weighted by Gasteiger charge is 2.09. The average Bonchev–Trinajstić information content (AvgIpc) is 3.03. The zero-order valence-corrected chi connectivity index (χ0v) is 15.8.